The number of carbonyl (C=O) groups excluding carboxylic acids is 1. The first-order valence-corrected chi connectivity index (χ1v) is 9.11. The third-order valence-electron chi connectivity index (χ3n) is 4.57. The van der Waals surface area contributed by atoms with Gasteiger partial charge < -0.3 is 14.2 Å². The third kappa shape index (κ3) is 4.41. The largest absolute Gasteiger partial charge is 0.496 e. The summed E-state index contributed by atoms with van der Waals surface area (Å²) >= 11 is 0. The third-order valence-corrected chi connectivity index (χ3v) is 4.57. The van der Waals surface area contributed by atoms with Gasteiger partial charge in [0.05, 0.1) is 19.2 Å². The molecule has 5 nitrogen and oxygen atoms in total. The van der Waals surface area contributed by atoms with E-state index in [0.29, 0.717) is 24.8 Å². The predicted octanol–water partition coefficient (Wildman–Crippen LogP) is 4.42. The number of nitrogens with zero attached hydrogens (tertiary/aromatic N) is 2. The summed E-state index contributed by atoms with van der Waals surface area (Å²) in [4.78, 5) is 14.5. The first-order valence-electron chi connectivity index (χ1n) is 9.11. The van der Waals surface area contributed by atoms with Crippen molar-refractivity contribution in [3.8, 4) is 17.1 Å². The van der Waals surface area contributed by atoms with Crippen molar-refractivity contribution in [1.82, 2.24) is 10.1 Å². The summed E-state index contributed by atoms with van der Waals surface area (Å²) in [5, 5.41) is 4.17. The molecule has 134 valence electrons. The Morgan fingerprint density at radius 2 is 2.12 bits per heavy atom. The minimum absolute atomic E-state index is 0.234. The molecule has 0 radical (unpaired) electrons. The molecule has 1 aromatic carbocycles. The number of unbranched alkanes of at least 4 members (excludes halogenated alkanes) is 2. The van der Waals surface area contributed by atoms with E-state index in [-0.39, 0.29) is 5.91 Å². The SMILES string of the molecule is CCCCCC(=O)N(Cc1cc(-c2ccccc2OC)on1)C1CC1. The number of hydrogen-bond donors (Lipinski definition) is 0. The van der Waals surface area contributed by atoms with Gasteiger partial charge in [-0.05, 0) is 31.4 Å². The Labute approximate surface area is 148 Å². The molecule has 1 heterocycles. The number of para-hydroxylation sites is 1. The minimum atomic E-state index is 0.234. The van der Waals surface area contributed by atoms with Gasteiger partial charge in [-0.15, -0.1) is 0 Å². The number of hydrogen-bond acceptors (Lipinski definition) is 4. The Morgan fingerprint density at radius 1 is 1.32 bits per heavy atom. The van der Waals surface area contributed by atoms with Crippen LogP contribution in [0.2, 0.25) is 0 Å². The standard InChI is InChI=1S/C20H26N2O3/c1-3-4-5-10-20(23)22(16-11-12-16)14-15-13-19(25-21-15)17-8-6-7-9-18(17)24-2/h6-9,13,16H,3-5,10-12,14H2,1-2H3. The zero-order chi connectivity index (χ0) is 17.6. The lowest BCUT2D eigenvalue weighted by Crippen LogP contribution is -2.32. The fourth-order valence-electron chi connectivity index (χ4n) is 3.01. The molecule has 1 amide bonds. The van der Waals surface area contributed by atoms with Crippen LogP contribution in [0, 0.1) is 0 Å². The number of benzene rings is 1. The minimum Gasteiger partial charge on any atom is -0.496 e. The van der Waals surface area contributed by atoms with Gasteiger partial charge in [0.15, 0.2) is 5.76 Å². The Hall–Kier alpha value is -2.30. The summed E-state index contributed by atoms with van der Waals surface area (Å²) in [5.74, 6) is 1.65. The normalized spacial score (nSPS) is 13.7. The second-order valence-electron chi connectivity index (χ2n) is 6.59. The van der Waals surface area contributed by atoms with E-state index in [1.54, 1.807) is 7.11 Å². The van der Waals surface area contributed by atoms with E-state index in [2.05, 4.69) is 12.1 Å². The topological polar surface area (TPSA) is 55.6 Å². The fraction of sp³-hybridized carbons (Fsp3) is 0.500. The maximum absolute atomic E-state index is 12.5. The highest BCUT2D eigenvalue weighted by molar-refractivity contribution is 5.77. The molecule has 25 heavy (non-hydrogen) atoms. The van der Waals surface area contributed by atoms with E-state index >= 15 is 0 Å². The first kappa shape index (κ1) is 17.5. The van der Waals surface area contributed by atoms with Crippen molar-refractivity contribution >= 4 is 5.91 Å². The molecule has 1 fully saturated rings. The Morgan fingerprint density at radius 3 is 2.84 bits per heavy atom. The van der Waals surface area contributed by atoms with Crippen molar-refractivity contribution in [3.63, 3.8) is 0 Å². The Bertz CT molecular complexity index is 706. The summed E-state index contributed by atoms with van der Waals surface area (Å²) in [6.45, 7) is 2.67. The van der Waals surface area contributed by atoms with Crippen LogP contribution in [0.1, 0.15) is 51.1 Å². The van der Waals surface area contributed by atoms with Gasteiger partial charge in [0.1, 0.15) is 11.4 Å². The molecule has 1 aliphatic carbocycles. The summed E-state index contributed by atoms with van der Waals surface area (Å²) in [6, 6.07) is 9.98. The van der Waals surface area contributed by atoms with Crippen LogP contribution in [0.15, 0.2) is 34.9 Å². The van der Waals surface area contributed by atoms with Gasteiger partial charge in [-0.25, -0.2) is 0 Å². The molecule has 0 unspecified atom stereocenters. The number of ether oxygens (including phenoxy) is 1. The second kappa shape index (κ2) is 8.19. The Kier molecular flexibility index (Phi) is 5.74. The molecule has 0 spiro atoms. The first-order chi connectivity index (χ1) is 12.2. The highest BCUT2D eigenvalue weighted by Gasteiger charge is 2.32. The number of carbonyl (C=O) groups is 1. The quantitative estimate of drug-likeness (QED) is 0.633. The molecule has 5 heteroatoms. The van der Waals surface area contributed by atoms with Gasteiger partial charge in [-0.3, -0.25) is 4.79 Å². The van der Waals surface area contributed by atoms with Crippen molar-refractivity contribution in [2.75, 3.05) is 7.11 Å². The van der Waals surface area contributed by atoms with Gasteiger partial charge >= 0.3 is 0 Å². The second-order valence-corrected chi connectivity index (χ2v) is 6.59. The highest BCUT2D eigenvalue weighted by Crippen LogP contribution is 2.32. The summed E-state index contributed by atoms with van der Waals surface area (Å²) in [5.41, 5.74) is 1.66. The predicted molar refractivity (Wildman–Crippen MR) is 96.2 cm³/mol. The van der Waals surface area contributed by atoms with E-state index in [1.807, 2.05) is 35.2 Å². The molecule has 0 N–H and O–H groups in total. The lowest BCUT2D eigenvalue weighted by atomic mass is 10.1. The average Bonchev–Trinajstić information content (AvgIpc) is 3.37. The van der Waals surface area contributed by atoms with Gasteiger partial charge in [-0.1, -0.05) is 37.1 Å². The van der Waals surface area contributed by atoms with Gasteiger partial charge in [0, 0.05) is 18.5 Å². The molecule has 0 aliphatic heterocycles. The number of methoxy groups -OCH3 is 1. The van der Waals surface area contributed by atoms with Gasteiger partial charge in [0.25, 0.3) is 0 Å². The van der Waals surface area contributed by atoms with Crippen molar-refractivity contribution in [1.29, 1.82) is 0 Å². The molecule has 1 saturated carbocycles. The van der Waals surface area contributed by atoms with E-state index in [9.17, 15) is 4.79 Å². The summed E-state index contributed by atoms with van der Waals surface area (Å²) in [7, 11) is 1.64. The van der Waals surface area contributed by atoms with Crippen LogP contribution in [0.4, 0.5) is 0 Å². The highest BCUT2D eigenvalue weighted by atomic mass is 16.5. The van der Waals surface area contributed by atoms with Crippen molar-refractivity contribution in [2.45, 2.75) is 58.0 Å². The van der Waals surface area contributed by atoms with Gasteiger partial charge in [0.2, 0.25) is 5.91 Å². The molecule has 0 bridgehead atoms. The fourth-order valence-corrected chi connectivity index (χ4v) is 3.01. The molecule has 2 aromatic rings. The smallest absolute Gasteiger partial charge is 0.223 e. The summed E-state index contributed by atoms with van der Waals surface area (Å²) in [6.07, 6.45) is 6.01. The number of aromatic nitrogens is 1. The maximum atomic E-state index is 12.5. The molecule has 0 atom stereocenters. The van der Waals surface area contributed by atoms with Gasteiger partial charge in [-0.2, -0.15) is 0 Å². The lowest BCUT2D eigenvalue weighted by Gasteiger charge is -2.21. The maximum Gasteiger partial charge on any atom is 0.223 e. The number of amides is 1. The molecule has 1 aliphatic rings. The molecular formula is C20H26N2O3. The van der Waals surface area contributed by atoms with Crippen LogP contribution in [-0.2, 0) is 11.3 Å². The monoisotopic (exact) mass is 342 g/mol. The van der Waals surface area contributed by atoms with E-state index in [0.717, 1.165) is 49.1 Å². The lowest BCUT2D eigenvalue weighted by molar-refractivity contribution is -0.132. The van der Waals surface area contributed by atoms with Crippen molar-refractivity contribution in [2.24, 2.45) is 0 Å². The summed E-state index contributed by atoms with van der Waals surface area (Å²) < 4.78 is 10.9. The Balaban J connectivity index is 1.69. The molecular weight excluding hydrogens is 316 g/mol. The molecule has 0 saturated heterocycles. The van der Waals surface area contributed by atoms with E-state index in [4.69, 9.17) is 9.26 Å². The van der Waals surface area contributed by atoms with Crippen LogP contribution in [0.25, 0.3) is 11.3 Å². The zero-order valence-electron chi connectivity index (χ0n) is 15.0. The number of rotatable bonds is 9. The van der Waals surface area contributed by atoms with Crippen LogP contribution < -0.4 is 4.74 Å². The van der Waals surface area contributed by atoms with Crippen molar-refractivity contribution in [3.05, 3.63) is 36.0 Å². The van der Waals surface area contributed by atoms with Crippen LogP contribution in [0.5, 0.6) is 5.75 Å². The molecule has 3 rings (SSSR count). The van der Waals surface area contributed by atoms with Crippen LogP contribution >= 0.6 is 0 Å². The van der Waals surface area contributed by atoms with E-state index in [1.165, 1.54) is 0 Å². The molecule has 1 aromatic heterocycles. The van der Waals surface area contributed by atoms with Crippen LogP contribution in [-0.4, -0.2) is 29.1 Å². The zero-order valence-corrected chi connectivity index (χ0v) is 15.0. The van der Waals surface area contributed by atoms with Crippen LogP contribution in [0.3, 0.4) is 0 Å². The average molecular weight is 342 g/mol. The van der Waals surface area contributed by atoms with E-state index < -0.39 is 0 Å². The van der Waals surface area contributed by atoms with Crippen molar-refractivity contribution < 1.29 is 14.1 Å².